The van der Waals surface area contributed by atoms with Crippen molar-refractivity contribution in [3.63, 3.8) is 0 Å². The topological polar surface area (TPSA) is 104 Å². The van der Waals surface area contributed by atoms with E-state index in [1.807, 2.05) is 16.8 Å². The third kappa shape index (κ3) is 4.43. The number of aliphatic hydroxyl groups excluding tert-OH is 1. The van der Waals surface area contributed by atoms with E-state index >= 15 is 0 Å². The van der Waals surface area contributed by atoms with Gasteiger partial charge in [0.15, 0.2) is 0 Å². The Morgan fingerprint density at radius 2 is 1.94 bits per heavy atom. The quantitative estimate of drug-likeness (QED) is 0.567. The number of aromatic nitrogens is 3. The van der Waals surface area contributed by atoms with Gasteiger partial charge in [-0.2, -0.15) is 0 Å². The Morgan fingerprint density at radius 1 is 1.16 bits per heavy atom. The molecule has 1 saturated heterocycles. The summed E-state index contributed by atoms with van der Waals surface area (Å²) in [7, 11) is 3.53. The van der Waals surface area contributed by atoms with Crippen molar-refractivity contribution in [2.24, 2.45) is 0 Å². The number of aliphatic hydroxyl groups is 1. The van der Waals surface area contributed by atoms with E-state index < -0.39 is 5.82 Å². The van der Waals surface area contributed by atoms with Crippen molar-refractivity contribution in [1.29, 1.82) is 0 Å². The molecule has 0 aliphatic carbocycles. The van der Waals surface area contributed by atoms with Crippen molar-refractivity contribution in [1.82, 2.24) is 15.0 Å². The van der Waals surface area contributed by atoms with Gasteiger partial charge in [-0.15, -0.1) is 0 Å². The predicted molar refractivity (Wildman–Crippen MR) is 118 cm³/mol. The maximum absolute atomic E-state index is 13.7. The molecule has 2 N–H and O–H groups in total. The minimum Gasteiger partial charge on any atom is -0.507 e. The molecule has 1 aliphatic rings. The van der Waals surface area contributed by atoms with Gasteiger partial charge in [-0.25, -0.2) is 19.3 Å². The first kappa shape index (κ1) is 22.1. The summed E-state index contributed by atoms with van der Waals surface area (Å²) in [6, 6.07) is 5.55. The molecule has 3 aromatic rings. The largest absolute Gasteiger partial charge is 0.507 e. The van der Waals surface area contributed by atoms with Crippen LogP contribution in [0.1, 0.15) is 5.69 Å². The van der Waals surface area contributed by atoms with Crippen LogP contribution < -0.4 is 9.80 Å². The van der Waals surface area contributed by atoms with Crippen molar-refractivity contribution in [3.05, 3.63) is 35.8 Å². The lowest BCUT2D eigenvalue weighted by atomic mass is 10.1. The predicted octanol–water partition coefficient (Wildman–Crippen LogP) is 1.95. The SMILES string of the molecule is COCCN(C)c1cc(CO)nc2c(-c3ccc(F)cc3O)nc(N3CCOCC3)nc12. The Bertz CT molecular complexity index is 1110. The molecule has 4 rings (SSSR count). The molecule has 9 nitrogen and oxygen atoms in total. The standard InChI is InChI=1S/C22H26FN5O4/c1-27(5-8-31-2)17-12-15(13-29)24-21-19(16-4-3-14(23)11-18(16)30)25-22(26-20(17)21)28-6-9-32-10-7-28/h3-4,11-12,29-30H,5-10,13H2,1-2H3. The number of anilines is 2. The first-order valence-electron chi connectivity index (χ1n) is 10.4. The van der Waals surface area contributed by atoms with Gasteiger partial charge < -0.3 is 29.5 Å². The summed E-state index contributed by atoms with van der Waals surface area (Å²) >= 11 is 0. The molecule has 32 heavy (non-hydrogen) atoms. The van der Waals surface area contributed by atoms with E-state index in [9.17, 15) is 14.6 Å². The number of hydrogen-bond donors (Lipinski definition) is 2. The normalized spacial score (nSPS) is 14.2. The monoisotopic (exact) mass is 443 g/mol. The van der Waals surface area contributed by atoms with Crippen molar-refractivity contribution < 1.29 is 24.1 Å². The van der Waals surface area contributed by atoms with Crippen molar-refractivity contribution in [2.75, 3.05) is 63.4 Å². The van der Waals surface area contributed by atoms with Crippen LogP contribution in [0.15, 0.2) is 24.3 Å². The third-order valence-electron chi connectivity index (χ3n) is 5.39. The Hall–Kier alpha value is -3.08. The zero-order chi connectivity index (χ0) is 22.7. The first-order chi connectivity index (χ1) is 15.5. The Morgan fingerprint density at radius 3 is 2.62 bits per heavy atom. The Kier molecular flexibility index (Phi) is 6.63. The van der Waals surface area contributed by atoms with E-state index in [2.05, 4.69) is 4.98 Å². The lowest BCUT2D eigenvalue weighted by Crippen LogP contribution is -2.37. The minimum atomic E-state index is -0.554. The van der Waals surface area contributed by atoms with E-state index in [4.69, 9.17) is 19.4 Å². The van der Waals surface area contributed by atoms with Crippen LogP contribution in [0.4, 0.5) is 16.0 Å². The molecular weight excluding hydrogens is 417 g/mol. The van der Waals surface area contributed by atoms with Crippen LogP contribution in [-0.4, -0.2) is 78.8 Å². The number of aromatic hydroxyl groups is 1. The zero-order valence-electron chi connectivity index (χ0n) is 18.1. The number of ether oxygens (including phenoxy) is 2. The fraction of sp³-hybridized carbons (Fsp3) is 0.409. The Labute approximate surface area is 185 Å². The summed E-state index contributed by atoms with van der Waals surface area (Å²) in [6.45, 7) is 3.17. The molecule has 0 amide bonds. The van der Waals surface area contributed by atoms with Gasteiger partial charge in [-0.05, 0) is 18.2 Å². The van der Waals surface area contributed by atoms with Gasteiger partial charge in [-0.1, -0.05) is 0 Å². The number of rotatable bonds is 7. The molecule has 3 heterocycles. The molecule has 0 unspecified atom stereocenters. The smallest absolute Gasteiger partial charge is 0.226 e. The Balaban J connectivity index is 1.98. The van der Waals surface area contributed by atoms with Crippen LogP contribution in [0.3, 0.4) is 0 Å². The van der Waals surface area contributed by atoms with Crippen LogP contribution in [0.5, 0.6) is 5.75 Å². The molecule has 0 saturated carbocycles. The summed E-state index contributed by atoms with van der Waals surface area (Å²) < 4.78 is 24.3. The molecular formula is C22H26FN5O4. The highest BCUT2D eigenvalue weighted by Gasteiger charge is 2.23. The minimum absolute atomic E-state index is 0.247. The molecule has 1 fully saturated rings. The molecule has 10 heteroatoms. The lowest BCUT2D eigenvalue weighted by molar-refractivity contribution is 0.122. The number of phenolic OH excluding ortho intramolecular Hbond substituents is 1. The third-order valence-corrected chi connectivity index (χ3v) is 5.39. The van der Waals surface area contributed by atoms with Crippen LogP contribution in [-0.2, 0) is 16.1 Å². The highest BCUT2D eigenvalue weighted by Crippen LogP contribution is 2.36. The maximum atomic E-state index is 13.7. The fourth-order valence-corrected chi connectivity index (χ4v) is 3.65. The molecule has 170 valence electrons. The number of hydrogen-bond acceptors (Lipinski definition) is 9. The van der Waals surface area contributed by atoms with Crippen LogP contribution in [0.2, 0.25) is 0 Å². The molecule has 2 aromatic heterocycles. The van der Waals surface area contributed by atoms with Gasteiger partial charge in [0.25, 0.3) is 0 Å². The number of fused-ring (bicyclic) bond motifs is 1. The number of benzene rings is 1. The second kappa shape index (κ2) is 9.60. The van der Waals surface area contributed by atoms with Crippen LogP contribution in [0, 0.1) is 5.82 Å². The van der Waals surface area contributed by atoms with Crippen LogP contribution >= 0.6 is 0 Å². The molecule has 0 spiro atoms. The van der Waals surface area contributed by atoms with Gasteiger partial charge in [-0.3, -0.25) is 0 Å². The second-order valence-electron chi connectivity index (χ2n) is 7.54. The van der Waals surface area contributed by atoms with Crippen molar-refractivity contribution in [3.8, 4) is 17.0 Å². The van der Waals surface area contributed by atoms with E-state index in [1.165, 1.54) is 12.1 Å². The average Bonchev–Trinajstić information content (AvgIpc) is 2.81. The van der Waals surface area contributed by atoms with E-state index in [0.29, 0.717) is 73.4 Å². The maximum Gasteiger partial charge on any atom is 0.226 e. The van der Waals surface area contributed by atoms with Crippen molar-refractivity contribution >= 4 is 22.7 Å². The van der Waals surface area contributed by atoms with Gasteiger partial charge >= 0.3 is 0 Å². The highest BCUT2D eigenvalue weighted by molar-refractivity contribution is 5.98. The molecule has 1 aromatic carbocycles. The number of phenols is 1. The number of nitrogens with zero attached hydrogens (tertiary/aromatic N) is 5. The second-order valence-corrected chi connectivity index (χ2v) is 7.54. The van der Waals surface area contributed by atoms with Gasteiger partial charge in [0.05, 0.1) is 37.8 Å². The summed E-state index contributed by atoms with van der Waals surface area (Å²) in [5, 5.41) is 20.3. The summed E-state index contributed by atoms with van der Waals surface area (Å²) in [5.41, 5.74) is 2.86. The van der Waals surface area contributed by atoms with Crippen molar-refractivity contribution in [2.45, 2.75) is 6.61 Å². The average molecular weight is 443 g/mol. The molecule has 0 radical (unpaired) electrons. The molecule has 0 bridgehead atoms. The molecule has 1 aliphatic heterocycles. The van der Waals surface area contributed by atoms with Gasteiger partial charge in [0.2, 0.25) is 5.95 Å². The molecule has 0 atom stereocenters. The van der Waals surface area contributed by atoms with Crippen LogP contribution in [0.25, 0.3) is 22.3 Å². The number of morpholine rings is 1. The number of likely N-dealkylation sites (N-methyl/N-ethyl adjacent to an activating group) is 1. The summed E-state index contributed by atoms with van der Waals surface area (Å²) in [6.07, 6.45) is 0. The number of pyridine rings is 1. The summed E-state index contributed by atoms with van der Waals surface area (Å²) in [4.78, 5) is 18.1. The van der Waals surface area contributed by atoms with E-state index in [-0.39, 0.29) is 12.4 Å². The zero-order valence-corrected chi connectivity index (χ0v) is 18.1. The first-order valence-corrected chi connectivity index (χ1v) is 10.4. The van der Waals surface area contributed by atoms with E-state index in [1.54, 1.807) is 13.2 Å². The number of halogens is 1. The van der Waals surface area contributed by atoms with E-state index in [0.717, 1.165) is 11.8 Å². The summed E-state index contributed by atoms with van der Waals surface area (Å²) in [5.74, 6) is -0.329. The number of methoxy groups -OCH3 is 1. The van der Waals surface area contributed by atoms with Gasteiger partial charge in [0.1, 0.15) is 28.3 Å². The lowest BCUT2D eigenvalue weighted by Gasteiger charge is -2.28. The fourth-order valence-electron chi connectivity index (χ4n) is 3.65. The highest BCUT2D eigenvalue weighted by atomic mass is 19.1. The van der Waals surface area contributed by atoms with Gasteiger partial charge in [0, 0.05) is 45.4 Å².